The zero-order valence-corrected chi connectivity index (χ0v) is 6.47. The molecule has 1 aromatic rings. The maximum atomic E-state index is 8.25. The van der Waals surface area contributed by atoms with E-state index in [9.17, 15) is 0 Å². The molecular weight excluding hydrogens is 200 g/mol. The summed E-state index contributed by atoms with van der Waals surface area (Å²) in [7, 11) is 0. The van der Waals surface area contributed by atoms with E-state index in [0.717, 1.165) is 0 Å². The Bertz CT molecular complexity index is 246. The van der Waals surface area contributed by atoms with Gasteiger partial charge in [0, 0.05) is 0 Å². The van der Waals surface area contributed by atoms with Crippen LogP contribution in [0.2, 0.25) is 0 Å². The fourth-order valence-electron chi connectivity index (χ4n) is 0.504. The number of furan rings is 1. The topological polar surface area (TPSA) is 69.2 Å². The minimum Gasteiger partial charge on any atom is -0.446 e. The van der Waals surface area contributed by atoms with Gasteiger partial charge in [-0.3, -0.25) is 10.6 Å². The Hall–Kier alpha value is -0.810. The normalized spacial score (nSPS) is 9.40. The van der Waals surface area contributed by atoms with E-state index in [4.69, 9.17) is 15.0 Å². The van der Waals surface area contributed by atoms with Crippen LogP contribution in [0.3, 0.4) is 0 Å². The van der Waals surface area contributed by atoms with Crippen molar-refractivity contribution in [2.24, 2.45) is 0 Å². The molecule has 0 saturated heterocycles. The molecule has 0 unspecified atom stereocenters. The lowest BCUT2D eigenvalue weighted by molar-refractivity contribution is 0.232. The number of nitrogens with one attached hydrogen (secondary N) is 2. The molecule has 1 heterocycles. The molecule has 5 heteroatoms. The molecule has 54 valence electrons. The summed E-state index contributed by atoms with van der Waals surface area (Å²) in [6.45, 7) is 0. The molecule has 0 radical (unpaired) electrons. The predicted octanol–water partition coefficient (Wildman–Crippen LogP) is 1.35. The maximum absolute atomic E-state index is 8.25. The van der Waals surface area contributed by atoms with Crippen LogP contribution in [0.4, 0.5) is 0 Å². The fraction of sp³-hybridized carbons (Fsp3) is 0. The van der Waals surface area contributed by atoms with E-state index >= 15 is 0 Å². The first kappa shape index (κ1) is 7.30. The van der Waals surface area contributed by atoms with Crippen molar-refractivity contribution in [2.45, 2.75) is 0 Å². The minimum absolute atomic E-state index is 0.161. The van der Waals surface area contributed by atoms with Crippen molar-refractivity contribution in [1.82, 2.24) is 5.48 Å². The van der Waals surface area contributed by atoms with Crippen LogP contribution in [-0.2, 0) is 0 Å². The average molecular weight is 205 g/mol. The standard InChI is InChI=1S/C5H5BrN2O2/c6-4-2-1-3(10-4)5(7)8-9/h1-2,9H,(H2,7,8). The van der Waals surface area contributed by atoms with E-state index < -0.39 is 0 Å². The lowest BCUT2D eigenvalue weighted by Gasteiger charge is -1.93. The Balaban J connectivity index is 2.85. The number of hydrogen-bond acceptors (Lipinski definition) is 3. The quantitative estimate of drug-likeness (QED) is 0.368. The number of hydroxylamine groups is 1. The molecule has 1 rings (SSSR count). The minimum atomic E-state index is -0.161. The highest BCUT2D eigenvalue weighted by Crippen LogP contribution is 2.13. The van der Waals surface area contributed by atoms with E-state index in [1.165, 1.54) is 0 Å². The third kappa shape index (κ3) is 1.37. The van der Waals surface area contributed by atoms with Crippen LogP contribution in [0.15, 0.2) is 21.2 Å². The number of rotatable bonds is 1. The van der Waals surface area contributed by atoms with E-state index in [2.05, 4.69) is 15.9 Å². The van der Waals surface area contributed by atoms with Crippen LogP contribution >= 0.6 is 15.9 Å². The van der Waals surface area contributed by atoms with Gasteiger partial charge >= 0.3 is 0 Å². The van der Waals surface area contributed by atoms with Gasteiger partial charge in [-0.25, -0.2) is 5.48 Å². The molecule has 0 atom stereocenters. The van der Waals surface area contributed by atoms with Crippen molar-refractivity contribution < 1.29 is 9.62 Å². The molecule has 0 fully saturated rings. The zero-order valence-electron chi connectivity index (χ0n) is 4.89. The Labute approximate surface area is 65.4 Å². The summed E-state index contributed by atoms with van der Waals surface area (Å²) in [6, 6.07) is 3.21. The first-order chi connectivity index (χ1) is 4.74. The largest absolute Gasteiger partial charge is 0.446 e. The van der Waals surface area contributed by atoms with Gasteiger partial charge in [0.15, 0.2) is 16.3 Å². The van der Waals surface area contributed by atoms with Gasteiger partial charge in [0.05, 0.1) is 0 Å². The molecule has 1 aromatic heterocycles. The fourth-order valence-corrected chi connectivity index (χ4v) is 0.810. The molecular formula is C5H5BrN2O2. The summed E-state index contributed by atoms with van der Waals surface area (Å²) in [4.78, 5) is 0. The van der Waals surface area contributed by atoms with Crippen molar-refractivity contribution in [3.05, 3.63) is 22.6 Å². The first-order valence-electron chi connectivity index (χ1n) is 2.48. The molecule has 0 aliphatic rings. The van der Waals surface area contributed by atoms with Gasteiger partial charge < -0.3 is 4.42 Å². The molecule has 4 nitrogen and oxygen atoms in total. The van der Waals surface area contributed by atoms with Gasteiger partial charge in [-0.15, -0.1) is 0 Å². The van der Waals surface area contributed by atoms with Crippen molar-refractivity contribution >= 4 is 21.8 Å². The van der Waals surface area contributed by atoms with Gasteiger partial charge in [0.25, 0.3) is 0 Å². The molecule has 0 spiro atoms. The molecule has 0 bridgehead atoms. The highest BCUT2D eigenvalue weighted by Gasteiger charge is 2.03. The van der Waals surface area contributed by atoms with Gasteiger partial charge in [-0.05, 0) is 28.1 Å². The van der Waals surface area contributed by atoms with Crippen molar-refractivity contribution in [1.29, 1.82) is 5.41 Å². The van der Waals surface area contributed by atoms with Crippen molar-refractivity contribution in [3.8, 4) is 0 Å². The van der Waals surface area contributed by atoms with Crippen LogP contribution < -0.4 is 5.48 Å². The van der Waals surface area contributed by atoms with E-state index in [-0.39, 0.29) is 11.6 Å². The SMILES string of the molecule is N=C(NO)c1ccc(Br)o1. The van der Waals surface area contributed by atoms with E-state index in [0.29, 0.717) is 4.67 Å². The van der Waals surface area contributed by atoms with Crippen LogP contribution in [0, 0.1) is 5.41 Å². The first-order valence-corrected chi connectivity index (χ1v) is 3.27. The maximum Gasteiger partial charge on any atom is 0.185 e. The van der Waals surface area contributed by atoms with Crippen molar-refractivity contribution in [2.75, 3.05) is 0 Å². The predicted molar refractivity (Wildman–Crippen MR) is 38.2 cm³/mol. The van der Waals surface area contributed by atoms with Crippen LogP contribution in [0.1, 0.15) is 5.76 Å². The molecule has 0 saturated carbocycles. The molecule has 3 N–H and O–H groups in total. The lowest BCUT2D eigenvalue weighted by Crippen LogP contribution is -2.17. The Morgan fingerprint density at radius 3 is 2.80 bits per heavy atom. The third-order valence-electron chi connectivity index (χ3n) is 0.931. The summed E-state index contributed by atoms with van der Waals surface area (Å²) in [5.74, 6) is 0.125. The third-order valence-corrected chi connectivity index (χ3v) is 1.36. The second kappa shape index (κ2) is 2.85. The lowest BCUT2D eigenvalue weighted by atomic mass is 10.4. The van der Waals surface area contributed by atoms with Crippen LogP contribution in [0.5, 0.6) is 0 Å². The molecule has 0 aromatic carbocycles. The highest BCUT2D eigenvalue weighted by molar-refractivity contribution is 9.10. The monoisotopic (exact) mass is 204 g/mol. The highest BCUT2D eigenvalue weighted by atomic mass is 79.9. The Morgan fingerprint density at radius 1 is 1.70 bits per heavy atom. The summed E-state index contributed by atoms with van der Waals surface area (Å²) in [6.07, 6.45) is 0. The van der Waals surface area contributed by atoms with Crippen LogP contribution in [-0.4, -0.2) is 11.0 Å². The number of halogens is 1. The summed E-state index contributed by atoms with van der Waals surface area (Å²) < 4.78 is 5.44. The summed E-state index contributed by atoms with van der Waals surface area (Å²) in [5, 5.41) is 15.3. The van der Waals surface area contributed by atoms with Crippen molar-refractivity contribution in [3.63, 3.8) is 0 Å². The summed E-state index contributed by atoms with van der Waals surface area (Å²) >= 11 is 3.06. The number of amidine groups is 1. The summed E-state index contributed by atoms with van der Waals surface area (Å²) in [5.41, 5.74) is 1.66. The molecule has 0 aliphatic carbocycles. The van der Waals surface area contributed by atoms with E-state index in [1.54, 1.807) is 17.6 Å². The number of hydrogen-bond donors (Lipinski definition) is 3. The molecule has 0 amide bonds. The van der Waals surface area contributed by atoms with E-state index in [1.807, 2.05) is 0 Å². The van der Waals surface area contributed by atoms with Gasteiger partial charge in [-0.2, -0.15) is 0 Å². The smallest absolute Gasteiger partial charge is 0.185 e. The molecule has 0 aliphatic heterocycles. The Kier molecular flexibility index (Phi) is 2.08. The second-order valence-corrected chi connectivity index (χ2v) is 2.37. The van der Waals surface area contributed by atoms with Gasteiger partial charge in [-0.1, -0.05) is 0 Å². The van der Waals surface area contributed by atoms with Gasteiger partial charge in [0.1, 0.15) is 0 Å². The average Bonchev–Trinajstić information content (AvgIpc) is 2.34. The van der Waals surface area contributed by atoms with Gasteiger partial charge in [0.2, 0.25) is 0 Å². The van der Waals surface area contributed by atoms with Crippen LogP contribution in [0.25, 0.3) is 0 Å². The second-order valence-electron chi connectivity index (χ2n) is 1.59. The zero-order chi connectivity index (χ0) is 7.56. The Morgan fingerprint density at radius 2 is 2.40 bits per heavy atom. The molecule has 10 heavy (non-hydrogen) atoms.